The first kappa shape index (κ1) is 44.0. The zero-order chi connectivity index (χ0) is 39.7. The Bertz CT molecular complexity index is 1360. The summed E-state index contributed by atoms with van der Waals surface area (Å²) in [5.74, 6) is -8.50. The zero-order valence-electron chi connectivity index (χ0n) is 29.0. The van der Waals surface area contributed by atoms with Crippen molar-refractivity contribution in [2.45, 2.75) is 93.7 Å². The van der Waals surface area contributed by atoms with E-state index in [0.717, 1.165) is 11.3 Å². The molecule has 0 bridgehead atoms. The van der Waals surface area contributed by atoms with Gasteiger partial charge in [0, 0.05) is 19.5 Å². The van der Waals surface area contributed by atoms with Gasteiger partial charge in [0.15, 0.2) is 5.96 Å². The molecule has 2 aliphatic rings. The summed E-state index contributed by atoms with van der Waals surface area (Å²) < 4.78 is 0. The van der Waals surface area contributed by atoms with Crippen LogP contribution in [-0.4, -0.2) is 166 Å². The Morgan fingerprint density at radius 1 is 0.717 bits per heavy atom. The number of nitrogens with two attached hydrogens (primary N) is 2. The lowest BCUT2D eigenvalue weighted by atomic mass is 10.1. The number of carbonyl (C=O) groups excluding carboxylic acids is 6. The van der Waals surface area contributed by atoms with Gasteiger partial charge in [-0.1, -0.05) is 0 Å². The van der Waals surface area contributed by atoms with E-state index in [1.807, 2.05) is 0 Å². The van der Waals surface area contributed by atoms with E-state index in [1.54, 1.807) is 0 Å². The fourth-order valence-electron chi connectivity index (χ4n) is 5.64. The van der Waals surface area contributed by atoms with Crippen LogP contribution in [0.2, 0.25) is 0 Å². The van der Waals surface area contributed by atoms with Crippen molar-refractivity contribution in [3.05, 3.63) is 0 Å². The van der Waals surface area contributed by atoms with Crippen LogP contribution in [-0.2, 0) is 38.4 Å². The monoisotopic (exact) mass is 758 g/mol. The summed E-state index contributed by atoms with van der Waals surface area (Å²) in [6.45, 7) is -2.14. The first-order chi connectivity index (χ1) is 25.1. The van der Waals surface area contributed by atoms with Crippen LogP contribution in [0.1, 0.15) is 51.4 Å². The van der Waals surface area contributed by atoms with E-state index in [0.29, 0.717) is 19.4 Å². The van der Waals surface area contributed by atoms with Gasteiger partial charge < -0.3 is 73.8 Å². The number of nitrogens with one attached hydrogen (secondary N) is 6. The number of aliphatic carboxylic acids is 2. The molecule has 23 heteroatoms. The van der Waals surface area contributed by atoms with Crippen molar-refractivity contribution in [1.29, 1.82) is 0 Å². The van der Waals surface area contributed by atoms with E-state index in [1.165, 1.54) is 0 Å². The lowest BCUT2D eigenvalue weighted by molar-refractivity contribution is -0.146. The lowest BCUT2D eigenvalue weighted by Gasteiger charge is -2.30. The van der Waals surface area contributed by atoms with Gasteiger partial charge in [-0.2, -0.15) is 0 Å². The van der Waals surface area contributed by atoms with Gasteiger partial charge in [0.25, 0.3) is 0 Å². The number of rotatable bonds is 22. The van der Waals surface area contributed by atoms with Crippen LogP contribution >= 0.6 is 0 Å². The Kier molecular flexibility index (Phi) is 18.3. The third-order valence-corrected chi connectivity index (χ3v) is 8.48. The minimum absolute atomic E-state index is 0.00695. The standard InChI is InChI=1S/C30H50N10O13/c31-30(32)34-10-2-5-16(24(47)38-19(13-42)28(51)40-11-3-6-21(40)27(50)39-20(14-43)29(52)53)35-25(48)17(7-8-22(44)45)36-26(49)18(12-41)37-23(46)15-4-1-9-33-15/h15-21,33,41-43H,1-14H2,(H,35,48)(H,36,49)(H,37,46)(H,38,47)(H,39,50)(H,44,45)(H,52,53)(H4,31,32,34)/t15-,16-,17-,18-,19-,20-,21-/m0/s1. The molecule has 0 unspecified atom stereocenters. The van der Waals surface area contributed by atoms with Crippen molar-refractivity contribution >= 4 is 53.3 Å². The molecule has 2 rings (SSSR count). The van der Waals surface area contributed by atoms with Gasteiger partial charge in [-0.3, -0.25) is 38.6 Å². The van der Waals surface area contributed by atoms with Gasteiger partial charge in [-0.05, 0) is 51.5 Å². The minimum atomic E-state index is -1.65. The van der Waals surface area contributed by atoms with Crippen molar-refractivity contribution in [2.75, 3.05) is 39.5 Å². The number of hydrogen-bond donors (Lipinski definition) is 13. The first-order valence-corrected chi connectivity index (χ1v) is 17.0. The van der Waals surface area contributed by atoms with E-state index < -0.39 is 122 Å². The average molecular weight is 759 g/mol. The number of aliphatic hydroxyl groups excluding tert-OH is 3. The zero-order valence-corrected chi connectivity index (χ0v) is 29.0. The molecule has 298 valence electrons. The smallest absolute Gasteiger partial charge is 0.328 e. The summed E-state index contributed by atoms with van der Waals surface area (Å²) in [6, 6.07) is -9.64. The summed E-state index contributed by atoms with van der Waals surface area (Å²) in [7, 11) is 0. The number of nitrogens with zero attached hydrogens (tertiary/aromatic N) is 2. The minimum Gasteiger partial charge on any atom is -0.481 e. The van der Waals surface area contributed by atoms with Gasteiger partial charge >= 0.3 is 11.9 Å². The topological polar surface area (TPSA) is 378 Å². The van der Waals surface area contributed by atoms with Crippen molar-refractivity contribution in [3.63, 3.8) is 0 Å². The lowest BCUT2D eigenvalue weighted by Crippen LogP contribution is -2.60. The van der Waals surface area contributed by atoms with E-state index in [4.69, 9.17) is 16.6 Å². The molecule has 0 spiro atoms. The van der Waals surface area contributed by atoms with E-state index >= 15 is 0 Å². The number of likely N-dealkylation sites (tertiary alicyclic amines) is 1. The molecular formula is C30H50N10O13. The molecule has 2 fully saturated rings. The van der Waals surface area contributed by atoms with Crippen LogP contribution in [0.25, 0.3) is 0 Å². The maximum absolute atomic E-state index is 13.5. The third-order valence-electron chi connectivity index (χ3n) is 8.48. The van der Waals surface area contributed by atoms with Crippen LogP contribution in [0.4, 0.5) is 0 Å². The summed E-state index contributed by atoms with van der Waals surface area (Å²) in [5.41, 5.74) is 10.7. The maximum Gasteiger partial charge on any atom is 0.328 e. The fraction of sp³-hybridized carbons (Fsp3) is 0.700. The highest BCUT2D eigenvalue weighted by molar-refractivity contribution is 5.97. The predicted molar refractivity (Wildman–Crippen MR) is 181 cm³/mol. The maximum atomic E-state index is 13.5. The number of carbonyl (C=O) groups is 8. The third kappa shape index (κ3) is 14.1. The quantitative estimate of drug-likeness (QED) is 0.0277. The molecule has 0 saturated carbocycles. The van der Waals surface area contributed by atoms with Gasteiger partial charge in [-0.25, -0.2) is 4.79 Å². The van der Waals surface area contributed by atoms with E-state index in [-0.39, 0.29) is 38.3 Å². The fourth-order valence-corrected chi connectivity index (χ4v) is 5.64. The van der Waals surface area contributed by atoms with Crippen molar-refractivity contribution < 1.29 is 63.9 Å². The highest BCUT2D eigenvalue weighted by Gasteiger charge is 2.39. The second-order valence-electron chi connectivity index (χ2n) is 12.4. The Hall–Kier alpha value is -5.13. The second kappa shape index (κ2) is 22.1. The summed E-state index contributed by atoms with van der Waals surface area (Å²) in [6.07, 6.45) is 0.477. The highest BCUT2D eigenvalue weighted by Crippen LogP contribution is 2.19. The van der Waals surface area contributed by atoms with Crippen LogP contribution < -0.4 is 43.4 Å². The number of carboxylic acids is 2. The number of guanidine groups is 1. The second-order valence-corrected chi connectivity index (χ2v) is 12.4. The number of hydrogen-bond acceptors (Lipinski definition) is 13. The molecule has 2 saturated heterocycles. The summed E-state index contributed by atoms with van der Waals surface area (Å²) in [5, 5.41) is 62.0. The molecule has 0 aromatic carbocycles. The average Bonchev–Trinajstić information content (AvgIpc) is 3.84. The molecule has 23 nitrogen and oxygen atoms in total. The molecule has 15 N–H and O–H groups in total. The van der Waals surface area contributed by atoms with Gasteiger partial charge in [-0.15, -0.1) is 0 Å². The number of aliphatic imine (C=N–C) groups is 1. The number of carboxylic acid groups (broad SMARTS) is 2. The molecule has 6 amide bonds. The molecule has 0 aliphatic carbocycles. The molecule has 53 heavy (non-hydrogen) atoms. The number of amides is 6. The SMILES string of the molecule is NC(N)=NCCC[C@H](NC(=O)[C@H](CCC(=O)O)NC(=O)[C@H](CO)NC(=O)[C@@H]1CCCN1)C(=O)N[C@@H](CO)C(=O)N1CCC[C@H]1C(=O)N[C@@H](CO)C(=O)O. The Labute approximate surface area is 303 Å². The Morgan fingerprint density at radius 2 is 1.28 bits per heavy atom. The molecule has 0 radical (unpaired) electrons. The normalized spacial score (nSPS) is 19.4. The van der Waals surface area contributed by atoms with E-state index in [2.05, 4.69) is 36.9 Å². The summed E-state index contributed by atoms with van der Waals surface area (Å²) in [4.78, 5) is 106. The first-order valence-electron chi connectivity index (χ1n) is 17.0. The van der Waals surface area contributed by atoms with Crippen molar-refractivity contribution in [1.82, 2.24) is 36.8 Å². The van der Waals surface area contributed by atoms with Crippen LogP contribution in [0.15, 0.2) is 4.99 Å². The van der Waals surface area contributed by atoms with Gasteiger partial charge in [0.05, 0.1) is 25.9 Å². The van der Waals surface area contributed by atoms with Crippen LogP contribution in [0.5, 0.6) is 0 Å². The van der Waals surface area contributed by atoms with Crippen LogP contribution in [0, 0.1) is 0 Å². The van der Waals surface area contributed by atoms with Gasteiger partial charge in [0.1, 0.15) is 36.3 Å². The molecule has 7 atom stereocenters. The Morgan fingerprint density at radius 3 is 1.81 bits per heavy atom. The molecule has 0 aromatic rings. The summed E-state index contributed by atoms with van der Waals surface area (Å²) >= 11 is 0. The van der Waals surface area contributed by atoms with Crippen molar-refractivity contribution in [2.24, 2.45) is 16.5 Å². The van der Waals surface area contributed by atoms with Crippen molar-refractivity contribution in [3.8, 4) is 0 Å². The van der Waals surface area contributed by atoms with E-state index in [9.17, 15) is 58.8 Å². The highest BCUT2D eigenvalue weighted by atomic mass is 16.4. The molecule has 0 aromatic heterocycles. The van der Waals surface area contributed by atoms with Crippen LogP contribution in [0.3, 0.4) is 0 Å². The largest absolute Gasteiger partial charge is 0.481 e. The molecular weight excluding hydrogens is 708 g/mol. The predicted octanol–water partition coefficient (Wildman–Crippen LogP) is -6.87. The number of aliphatic hydroxyl groups is 3. The Balaban J connectivity index is 2.24. The molecule has 2 aliphatic heterocycles. The molecule has 2 heterocycles. The van der Waals surface area contributed by atoms with Gasteiger partial charge in [0.2, 0.25) is 35.4 Å².